The summed E-state index contributed by atoms with van der Waals surface area (Å²) in [4.78, 5) is 23.8. The van der Waals surface area contributed by atoms with Gasteiger partial charge in [0.2, 0.25) is 11.8 Å². The van der Waals surface area contributed by atoms with E-state index in [1.54, 1.807) is 0 Å². The fraction of sp³-hybridized carbons (Fsp3) is 0.273. The standard InChI is InChI=1S/C11H10F2N2O2/c12-8-2-1-7(9(13)3-8)6-15-10(16)4-14-5-11(15)17/h1-3,14H,4-6H2. The minimum atomic E-state index is -0.760. The molecule has 1 saturated heterocycles. The Morgan fingerprint density at radius 2 is 1.82 bits per heavy atom. The van der Waals surface area contributed by atoms with Gasteiger partial charge in [-0.15, -0.1) is 0 Å². The van der Waals surface area contributed by atoms with Gasteiger partial charge in [-0.25, -0.2) is 8.78 Å². The SMILES string of the molecule is O=C1CNCC(=O)N1Cc1ccc(F)cc1F. The first-order chi connectivity index (χ1) is 8.08. The number of carbonyl (C=O) groups is 2. The Kier molecular flexibility index (Phi) is 3.14. The first-order valence-corrected chi connectivity index (χ1v) is 5.06. The molecule has 0 aliphatic carbocycles. The highest BCUT2D eigenvalue weighted by Gasteiger charge is 2.26. The number of hydrogen-bond acceptors (Lipinski definition) is 3. The van der Waals surface area contributed by atoms with Crippen LogP contribution >= 0.6 is 0 Å². The molecule has 90 valence electrons. The molecule has 1 fully saturated rings. The van der Waals surface area contributed by atoms with Gasteiger partial charge in [0.1, 0.15) is 11.6 Å². The van der Waals surface area contributed by atoms with Crippen LogP contribution in [-0.4, -0.2) is 29.8 Å². The normalized spacial score (nSPS) is 16.5. The van der Waals surface area contributed by atoms with Crippen molar-refractivity contribution in [3.63, 3.8) is 0 Å². The van der Waals surface area contributed by atoms with Crippen LogP contribution in [0.3, 0.4) is 0 Å². The summed E-state index contributed by atoms with van der Waals surface area (Å²) < 4.78 is 26.0. The van der Waals surface area contributed by atoms with Gasteiger partial charge in [-0.05, 0) is 6.07 Å². The van der Waals surface area contributed by atoms with Gasteiger partial charge in [0, 0.05) is 11.6 Å². The van der Waals surface area contributed by atoms with Crippen molar-refractivity contribution in [3.05, 3.63) is 35.4 Å². The second-order valence-electron chi connectivity index (χ2n) is 3.71. The van der Waals surface area contributed by atoms with Crippen molar-refractivity contribution < 1.29 is 18.4 Å². The third kappa shape index (κ3) is 2.47. The summed E-state index contributed by atoms with van der Waals surface area (Å²) >= 11 is 0. The fourth-order valence-electron chi connectivity index (χ4n) is 1.60. The van der Waals surface area contributed by atoms with Crippen LogP contribution in [0.5, 0.6) is 0 Å². The zero-order valence-corrected chi connectivity index (χ0v) is 8.87. The van der Waals surface area contributed by atoms with E-state index in [4.69, 9.17) is 0 Å². The average Bonchev–Trinajstić information content (AvgIpc) is 2.26. The molecule has 0 saturated carbocycles. The van der Waals surface area contributed by atoms with Gasteiger partial charge in [-0.1, -0.05) is 6.07 Å². The maximum absolute atomic E-state index is 13.4. The summed E-state index contributed by atoms with van der Waals surface area (Å²) in [5, 5.41) is 2.63. The Bertz CT molecular complexity index is 461. The summed E-state index contributed by atoms with van der Waals surface area (Å²) in [7, 11) is 0. The highest BCUT2D eigenvalue weighted by Crippen LogP contribution is 2.13. The molecule has 1 aliphatic rings. The molecule has 0 aromatic heterocycles. The summed E-state index contributed by atoms with van der Waals surface area (Å²) in [6.07, 6.45) is 0. The van der Waals surface area contributed by atoms with Gasteiger partial charge in [0.25, 0.3) is 0 Å². The van der Waals surface area contributed by atoms with E-state index in [0.29, 0.717) is 0 Å². The van der Waals surface area contributed by atoms with E-state index in [9.17, 15) is 18.4 Å². The molecule has 4 nitrogen and oxygen atoms in total. The van der Waals surface area contributed by atoms with Gasteiger partial charge < -0.3 is 0 Å². The lowest BCUT2D eigenvalue weighted by molar-refractivity contribution is -0.147. The molecular formula is C11H10F2N2O2. The van der Waals surface area contributed by atoms with Gasteiger partial charge in [0.15, 0.2) is 0 Å². The monoisotopic (exact) mass is 240 g/mol. The van der Waals surface area contributed by atoms with Gasteiger partial charge in [0.05, 0.1) is 19.6 Å². The van der Waals surface area contributed by atoms with Crippen LogP contribution < -0.4 is 5.32 Å². The number of benzene rings is 1. The van der Waals surface area contributed by atoms with Crippen molar-refractivity contribution >= 4 is 11.8 Å². The lowest BCUT2D eigenvalue weighted by Crippen LogP contribution is -2.51. The largest absolute Gasteiger partial charge is 0.300 e. The predicted molar refractivity (Wildman–Crippen MR) is 54.8 cm³/mol. The number of nitrogens with one attached hydrogen (secondary N) is 1. The summed E-state index contributed by atoms with van der Waals surface area (Å²) in [6.45, 7) is -0.0609. The molecule has 0 unspecified atom stereocenters. The Balaban J connectivity index is 2.19. The number of carbonyl (C=O) groups excluding carboxylic acids is 2. The van der Waals surface area contributed by atoms with Crippen LogP contribution in [0.1, 0.15) is 5.56 Å². The van der Waals surface area contributed by atoms with Crippen LogP contribution in [0.25, 0.3) is 0 Å². The van der Waals surface area contributed by atoms with Crippen molar-refractivity contribution in [1.82, 2.24) is 10.2 Å². The first-order valence-electron chi connectivity index (χ1n) is 5.06. The summed E-state index contributed by atoms with van der Waals surface area (Å²) in [6, 6.07) is 3.05. The Labute approximate surface area is 96.2 Å². The number of imide groups is 1. The zero-order chi connectivity index (χ0) is 12.4. The van der Waals surface area contributed by atoms with E-state index in [1.165, 1.54) is 6.07 Å². The van der Waals surface area contributed by atoms with Crippen molar-refractivity contribution in [2.24, 2.45) is 0 Å². The molecule has 2 amide bonds. The topological polar surface area (TPSA) is 49.4 Å². The summed E-state index contributed by atoms with van der Waals surface area (Å²) in [5.74, 6) is -2.27. The van der Waals surface area contributed by atoms with Crippen LogP contribution in [0.4, 0.5) is 8.78 Å². The van der Waals surface area contributed by atoms with E-state index in [-0.39, 0.29) is 25.2 Å². The van der Waals surface area contributed by atoms with Crippen molar-refractivity contribution in [3.8, 4) is 0 Å². The van der Waals surface area contributed by atoms with E-state index >= 15 is 0 Å². The molecule has 0 radical (unpaired) electrons. The number of amides is 2. The molecule has 0 atom stereocenters. The molecule has 0 bridgehead atoms. The van der Waals surface area contributed by atoms with Gasteiger partial charge in [-0.3, -0.25) is 19.8 Å². The number of rotatable bonds is 2. The molecule has 1 heterocycles. The number of nitrogens with zero attached hydrogens (tertiary/aromatic N) is 1. The molecular weight excluding hydrogens is 230 g/mol. The second-order valence-corrected chi connectivity index (χ2v) is 3.71. The van der Waals surface area contributed by atoms with E-state index in [0.717, 1.165) is 17.0 Å². The minimum absolute atomic E-state index is 0.0502. The number of piperazine rings is 1. The molecule has 1 aliphatic heterocycles. The molecule has 6 heteroatoms. The predicted octanol–water partition coefficient (Wildman–Crippen LogP) is 0.423. The molecule has 1 aromatic rings. The third-order valence-corrected chi connectivity index (χ3v) is 2.50. The van der Waals surface area contributed by atoms with E-state index in [2.05, 4.69) is 5.32 Å². The molecule has 0 spiro atoms. The maximum Gasteiger partial charge on any atom is 0.243 e. The Hall–Kier alpha value is -1.82. The van der Waals surface area contributed by atoms with Crippen molar-refractivity contribution in [2.45, 2.75) is 6.54 Å². The Morgan fingerprint density at radius 1 is 1.18 bits per heavy atom. The lowest BCUT2D eigenvalue weighted by Gasteiger charge is -2.25. The molecule has 1 N–H and O–H groups in total. The van der Waals surface area contributed by atoms with Crippen molar-refractivity contribution in [2.75, 3.05) is 13.1 Å². The van der Waals surface area contributed by atoms with E-state index in [1.807, 2.05) is 0 Å². The maximum atomic E-state index is 13.4. The molecule has 17 heavy (non-hydrogen) atoms. The highest BCUT2D eigenvalue weighted by atomic mass is 19.1. The Morgan fingerprint density at radius 3 is 2.41 bits per heavy atom. The third-order valence-electron chi connectivity index (χ3n) is 2.50. The minimum Gasteiger partial charge on any atom is -0.300 e. The fourth-order valence-corrected chi connectivity index (χ4v) is 1.60. The van der Waals surface area contributed by atoms with Crippen LogP contribution in [0.2, 0.25) is 0 Å². The van der Waals surface area contributed by atoms with E-state index < -0.39 is 23.4 Å². The highest BCUT2D eigenvalue weighted by molar-refractivity contribution is 5.99. The zero-order valence-electron chi connectivity index (χ0n) is 8.87. The molecule has 2 rings (SSSR count). The van der Waals surface area contributed by atoms with Crippen LogP contribution in [0, 0.1) is 11.6 Å². The quantitative estimate of drug-likeness (QED) is 0.762. The van der Waals surface area contributed by atoms with Crippen molar-refractivity contribution in [1.29, 1.82) is 0 Å². The lowest BCUT2D eigenvalue weighted by atomic mass is 10.2. The number of halogens is 2. The smallest absolute Gasteiger partial charge is 0.243 e. The second kappa shape index (κ2) is 4.58. The van der Waals surface area contributed by atoms with Crippen LogP contribution in [0.15, 0.2) is 18.2 Å². The first kappa shape index (κ1) is 11.7. The average molecular weight is 240 g/mol. The molecule has 1 aromatic carbocycles. The van der Waals surface area contributed by atoms with Crippen LogP contribution in [-0.2, 0) is 16.1 Å². The summed E-state index contributed by atoms with van der Waals surface area (Å²) in [5.41, 5.74) is 0.120. The van der Waals surface area contributed by atoms with Gasteiger partial charge in [-0.2, -0.15) is 0 Å². The van der Waals surface area contributed by atoms with Gasteiger partial charge >= 0.3 is 0 Å². The number of hydrogen-bond donors (Lipinski definition) is 1.